The molecule has 2 rings (SSSR count). The van der Waals surface area contributed by atoms with Crippen LogP contribution in [0.4, 0.5) is 0 Å². The zero-order valence-electron chi connectivity index (χ0n) is 11.3. The molecule has 2 saturated carbocycles. The Hall–Kier alpha value is -0.570. The molecule has 2 fully saturated rings. The maximum absolute atomic E-state index is 5.64. The Morgan fingerprint density at radius 2 is 1.82 bits per heavy atom. The van der Waals surface area contributed by atoms with Crippen molar-refractivity contribution in [2.24, 2.45) is 28.6 Å². The molecule has 3 nitrogen and oxygen atoms in total. The van der Waals surface area contributed by atoms with Crippen LogP contribution >= 0.6 is 0 Å². The van der Waals surface area contributed by atoms with Gasteiger partial charge in [0.25, 0.3) is 0 Å². The predicted octanol–water partition coefficient (Wildman–Crippen LogP) is 2.86. The van der Waals surface area contributed by atoms with Crippen molar-refractivity contribution < 1.29 is 0 Å². The molecular formula is C14H27N3. The van der Waals surface area contributed by atoms with E-state index in [4.69, 9.17) is 5.84 Å². The smallest absolute Gasteiger partial charge is 0.114 e. The van der Waals surface area contributed by atoms with E-state index in [-0.39, 0.29) is 0 Å². The van der Waals surface area contributed by atoms with E-state index in [1.54, 1.807) is 0 Å². The average molecular weight is 237 g/mol. The topological polar surface area (TPSA) is 50.4 Å². The van der Waals surface area contributed by atoms with E-state index in [0.717, 1.165) is 17.7 Å². The molecule has 0 bridgehead atoms. The van der Waals surface area contributed by atoms with Gasteiger partial charge < -0.3 is 5.43 Å². The molecule has 0 radical (unpaired) electrons. The van der Waals surface area contributed by atoms with Crippen LogP contribution in [0.5, 0.6) is 0 Å². The van der Waals surface area contributed by atoms with Crippen LogP contribution in [0.3, 0.4) is 0 Å². The summed E-state index contributed by atoms with van der Waals surface area (Å²) in [4.78, 5) is 4.64. The van der Waals surface area contributed by atoms with Gasteiger partial charge in [-0.1, -0.05) is 25.7 Å². The molecule has 3 N–H and O–H groups in total. The van der Waals surface area contributed by atoms with E-state index in [9.17, 15) is 0 Å². The summed E-state index contributed by atoms with van der Waals surface area (Å²) >= 11 is 0. The molecule has 0 aromatic carbocycles. The molecule has 0 amide bonds. The maximum Gasteiger partial charge on any atom is 0.114 e. The van der Waals surface area contributed by atoms with Crippen LogP contribution in [0.25, 0.3) is 0 Å². The maximum atomic E-state index is 5.64. The largest absolute Gasteiger partial charge is 0.312 e. The number of hydrazine groups is 1. The number of nitrogens with two attached hydrogens (primary N) is 1. The van der Waals surface area contributed by atoms with Crippen molar-refractivity contribution >= 4 is 5.84 Å². The molecule has 2 aliphatic rings. The van der Waals surface area contributed by atoms with Gasteiger partial charge in [0.15, 0.2) is 0 Å². The fourth-order valence-electron chi connectivity index (χ4n) is 3.66. The Morgan fingerprint density at radius 1 is 1.12 bits per heavy atom. The summed E-state index contributed by atoms with van der Waals surface area (Å²) in [5, 5.41) is 0. The summed E-state index contributed by atoms with van der Waals surface area (Å²) in [6, 6.07) is 0.338. The summed E-state index contributed by atoms with van der Waals surface area (Å²) < 4.78 is 0. The van der Waals surface area contributed by atoms with E-state index < -0.39 is 0 Å². The van der Waals surface area contributed by atoms with Gasteiger partial charge in [-0.05, 0) is 44.9 Å². The third-order valence-corrected chi connectivity index (χ3v) is 4.47. The number of hydrogen-bond donors (Lipinski definition) is 2. The molecule has 0 spiro atoms. The molecule has 2 aliphatic carbocycles. The van der Waals surface area contributed by atoms with E-state index >= 15 is 0 Å². The van der Waals surface area contributed by atoms with Crippen molar-refractivity contribution in [3.63, 3.8) is 0 Å². The Balaban J connectivity index is 1.98. The summed E-state index contributed by atoms with van der Waals surface area (Å²) in [5.41, 5.74) is 2.85. The number of fused-ring (bicyclic) bond motifs is 1. The quantitative estimate of drug-likeness (QED) is 0.336. The third-order valence-electron chi connectivity index (χ3n) is 4.47. The monoisotopic (exact) mass is 237 g/mol. The minimum atomic E-state index is 0.338. The number of nitrogens with zero attached hydrogens (tertiary/aromatic N) is 1. The highest BCUT2D eigenvalue weighted by Gasteiger charge is 2.33. The van der Waals surface area contributed by atoms with Crippen molar-refractivity contribution in [3.8, 4) is 0 Å². The molecule has 3 unspecified atom stereocenters. The lowest BCUT2D eigenvalue weighted by molar-refractivity contribution is 0.151. The molecular weight excluding hydrogens is 210 g/mol. The van der Waals surface area contributed by atoms with E-state index in [1.165, 1.54) is 44.9 Å². The van der Waals surface area contributed by atoms with E-state index in [0.29, 0.717) is 12.0 Å². The van der Waals surface area contributed by atoms with Gasteiger partial charge in [0.05, 0.1) is 0 Å². The molecule has 3 heteroatoms. The number of rotatable bonds is 2. The van der Waals surface area contributed by atoms with Crippen molar-refractivity contribution in [1.82, 2.24) is 5.43 Å². The van der Waals surface area contributed by atoms with Gasteiger partial charge in [-0.15, -0.1) is 0 Å². The summed E-state index contributed by atoms with van der Waals surface area (Å²) in [6.45, 7) is 4.23. The zero-order valence-corrected chi connectivity index (χ0v) is 11.3. The fourth-order valence-corrected chi connectivity index (χ4v) is 3.66. The fraction of sp³-hybridized carbons (Fsp3) is 0.929. The van der Waals surface area contributed by atoms with E-state index in [2.05, 4.69) is 24.3 Å². The molecule has 98 valence electrons. The van der Waals surface area contributed by atoms with Crippen LogP contribution in [0.15, 0.2) is 4.99 Å². The van der Waals surface area contributed by atoms with Gasteiger partial charge in [-0.3, -0.25) is 4.99 Å². The second-order valence-electron chi connectivity index (χ2n) is 6.07. The average Bonchev–Trinajstić information content (AvgIpc) is 2.35. The van der Waals surface area contributed by atoms with Crippen molar-refractivity contribution in [1.29, 1.82) is 0 Å². The standard InChI is InChI=1S/C14H27N3/c1-10(2)16-14(17-15)13-8-7-11-5-3-4-6-12(11)9-13/h10-13H,3-9,15H2,1-2H3,(H,16,17). The minimum Gasteiger partial charge on any atom is -0.312 e. The Kier molecular flexibility index (Phi) is 4.43. The highest BCUT2D eigenvalue weighted by Crippen LogP contribution is 2.42. The first-order valence-electron chi connectivity index (χ1n) is 7.25. The number of hydrogen-bond acceptors (Lipinski definition) is 2. The molecule has 17 heavy (non-hydrogen) atoms. The molecule has 0 aliphatic heterocycles. The van der Waals surface area contributed by atoms with Crippen LogP contribution < -0.4 is 11.3 Å². The summed E-state index contributed by atoms with van der Waals surface area (Å²) in [6.07, 6.45) is 9.74. The molecule has 0 saturated heterocycles. The molecule has 0 aromatic heterocycles. The summed E-state index contributed by atoms with van der Waals surface area (Å²) in [7, 11) is 0. The molecule has 3 atom stereocenters. The SMILES string of the molecule is CC(C)N=C(NN)C1CCC2CCCCC2C1. The first-order chi connectivity index (χ1) is 8.20. The summed E-state index contributed by atoms with van der Waals surface area (Å²) in [5.74, 6) is 9.21. The van der Waals surface area contributed by atoms with Crippen LogP contribution in [0, 0.1) is 17.8 Å². The molecule has 0 heterocycles. The number of aliphatic imine (C=N–C) groups is 1. The normalized spacial score (nSPS) is 34.6. The van der Waals surface area contributed by atoms with Gasteiger partial charge in [-0.2, -0.15) is 0 Å². The van der Waals surface area contributed by atoms with Crippen LogP contribution in [0.2, 0.25) is 0 Å². The van der Waals surface area contributed by atoms with Crippen molar-refractivity contribution in [2.45, 2.75) is 64.8 Å². The minimum absolute atomic E-state index is 0.338. The van der Waals surface area contributed by atoms with Gasteiger partial charge in [0, 0.05) is 12.0 Å². The predicted molar refractivity (Wildman–Crippen MR) is 72.7 cm³/mol. The first-order valence-corrected chi connectivity index (χ1v) is 7.25. The Bertz CT molecular complexity index is 273. The lowest BCUT2D eigenvalue weighted by Crippen LogP contribution is -2.41. The highest BCUT2D eigenvalue weighted by atomic mass is 15.3. The lowest BCUT2D eigenvalue weighted by atomic mass is 9.67. The van der Waals surface area contributed by atoms with Gasteiger partial charge >= 0.3 is 0 Å². The van der Waals surface area contributed by atoms with Gasteiger partial charge in [0.1, 0.15) is 5.84 Å². The van der Waals surface area contributed by atoms with Crippen LogP contribution in [-0.4, -0.2) is 11.9 Å². The van der Waals surface area contributed by atoms with Gasteiger partial charge in [-0.25, -0.2) is 5.84 Å². The lowest BCUT2D eigenvalue weighted by Gasteiger charge is -2.39. The Labute approximate surface area is 105 Å². The van der Waals surface area contributed by atoms with Crippen LogP contribution in [-0.2, 0) is 0 Å². The van der Waals surface area contributed by atoms with Crippen molar-refractivity contribution in [3.05, 3.63) is 0 Å². The third kappa shape index (κ3) is 3.21. The number of nitrogens with one attached hydrogen (secondary N) is 1. The van der Waals surface area contributed by atoms with Crippen LogP contribution in [0.1, 0.15) is 58.8 Å². The second-order valence-corrected chi connectivity index (χ2v) is 6.07. The zero-order chi connectivity index (χ0) is 12.3. The highest BCUT2D eigenvalue weighted by molar-refractivity contribution is 5.84. The Morgan fingerprint density at radius 3 is 2.47 bits per heavy atom. The molecule has 0 aromatic rings. The number of amidine groups is 1. The van der Waals surface area contributed by atoms with Crippen molar-refractivity contribution in [2.75, 3.05) is 0 Å². The first kappa shape index (κ1) is 12.9. The van der Waals surface area contributed by atoms with E-state index in [1.807, 2.05) is 0 Å². The second kappa shape index (κ2) is 5.85. The van der Waals surface area contributed by atoms with Gasteiger partial charge in [0.2, 0.25) is 0 Å².